The molecule has 0 saturated carbocycles. The van der Waals surface area contributed by atoms with Crippen LogP contribution in [0.4, 0.5) is 5.69 Å². The third-order valence-electron chi connectivity index (χ3n) is 3.03. The minimum Gasteiger partial charge on any atom is -0.436 e. The monoisotopic (exact) mass is 266 g/mol. The molecule has 100 valence electrons. The van der Waals surface area contributed by atoms with Gasteiger partial charge in [0, 0.05) is 17.7 Å². The zero-order valence-corrected chi connectivity index (χ0v) is 11.1. The Bertz CT molecular complexity index is 712. The Hall–Kier alpha value is -2.62. The number of anilines is 1. The van der Waals surface area contributed by atoms with E-state index in [0.29, 0.717) is 12.3 Å². The molecular formula is C16H14N2O2. The number of benzene rings is 2. The quantitative estimate of drug-likeness (QED) is 0.783. The summed E-state index contributed by atoms with van der Waals surface area (Å²) in [4.78, 5) is 15.7. The Balaban J connectivity index is 1.88. The lowest BCUT2D eigenvalue weighted by molar-refractivity contribution is -0.115. The van der Waals surface area contributed by atoms with Crippen LogP contribution >= 0.6 is 0 Å². The smallest absolute Gasteiger partial charge is 0.227 e. The van der Waals surface area contributed by atoms with Crippen molar-refractivity contribution in [1.29, 1.82) is 0 Å². The summed E-state index contributed by atoms with van der Waals surface area (Å²) in [6.45, 7) is 1.82. The molecule has 1 amide bonds. The summed E-state index contributed by atoms with van der Waals surface area (Å²) in [7, 11) is 0. The highest BCUT2D eigenvalue weighted by molar-refractivity contribution is 5.90. The zero-order chi connectivity index (χ0) is 13.9. The Kier molecular flexibility index (Phi) is 3.21. The minimum atomic E-state index is -0.000359. The number of amides is 1. The predicted octanol–water partition coefficient (Wildman–Crippen LogP) is 3.84. The molecule has 20 heavy (non-hydrogen) atoms. The van der Waals surface area contributed by atoms with Crippen LogP contribution in [-0.2, 0) is 4.79 Å². The first-order chi connectivity index (χ1) is 9.76. The van der Waals surface area contributed by atoms with E-state index in [9.17, 15) is 4.79 Å². The molecule has 4 heteroatoms. The SMILES string of the molecule is CCC(=O)Nc1ccc(-c2nc3ccccc3o2)cc1. The topological polar surface area (TPSA) is 55.1 Å². The van der Waals surface area contributed by atoms with Crippen molar-refractivity contribution in [2.45, 2.75) is 13.3 Å². The van der Waals surface area contributed by atoms with Gasteiger partial charge in [-0.05, 0) is 36.4 Å². The van der Waals surface area contributed by atoms with E-state index in [1.165, 1.54) is 0 Å². The maximum Gasteiger partial charge on any atom is 0.227 e. The molecule has 1 N–H and O–H groups in total. The van der Waals surface area contributed by atoms with E-state index in [1.54, 1.807) is 0 Å². The number of para-hydroxylation sites is 2. The van der Waals surface area contributed by atoms with Gasteiger partial charge >= 0.3 is 0 Å². The number of nitrogens with zero attached hydrogens (tertiary/aromatic N) is 1. The number of nitrogens with one attached hydrogen (secondary N) is 1. The van der Waals surface area contributed by atoms with E-state index in [-0.39, 0.29) is 5.91 Å². The number of rotatable bonds is 3. The van der Waals surface area contributed by atoms with Gasteiger partial charge in [-0.1, -0.05) is 19.1 Å². The van der Waals surface area contributed by atoms with Crippen molar-refractivity contribution in [1.82, 2.24) is 4.98 Å². The number of hydrogen-bond donors (Lipinski definition) is 1. The summed E-state index contributed by atoms with van der Waals surface area (Å²) in [6, 6.07) is 15.1. The molecule has 0 bridgehead atoms. The van der Waals surface area contributed by atoms with Crippen LogP contribution in [0.2, 0.25) is 0 Å². The van der Waals surface area contributed by atoms with E-state index in [1.807, 2.05) is 55.5 Å². The van der Waals surface area contributed by atoms with Crippen molar-refractivity contribution in [3.05, 3.63) is 48.5 Å². The number of aromatic nitrogens is 1. The summed E-state index contributed by atoms with van der Waals surface area (Å²) < 4.78 is 5.70. The Morgan fingerprint density at radius 2 is 1.90 bits per heavy atom. The van der Waals surface area contributed by atoms with Gasteiger partial charge in [-0.15, -0.1) is 0 Å². The largest absolute Gasteiger partial charge is 0.436 e. The first-order valence-electron chi connectivity index (χ1n) is 6.52. The highest BCUT2D eigenvalue weighted by Gasteiger charge is 2.07. The molecule has 0 atom stereocenters. The Morgan fingerprint density at radius 1 is 1.15 bits per heavy atom. The van der Waals surface area contributed by atoms with Crippen molar-refractivity contribution in [3.8, 4) is 11.5 Å². The molecule has 2 aromatic carbocycles. The maximum atomic E-state index is 11.3. The fourth-order valence-electron chi connectivity index (χ4n) is 1.94. The third kappa shape index (κ3) is 2.40. The van der Waals surface area contributed by atoms with E-state index >= 15 is 0 Å². The van der Waals surface area contributed by atoms with Crippen molar-refractivity contribution >= 4 is 22.7 Å². The Morgan fingerprint density at radius 3 is 2.60 bits per heavy atom. The molecule has 0 fully saturated rings. The lowest BCUT2D eigenvalue weighted by Crippen LogP contribution is -2.08. The van der Waals surface area contributed by atoms with Gasteiger partial charge in [-0.25, -0.2) is 4.98 Å². The number of fused-ring (bicyclic) bond motifs is 1. The van der Waals surface area contributed by atoms with Crippen LogP contribution in [0.15, 0.2) is 52.9 Å². The van der Waals surface area contributed by atoms with Crippen LogP contribution in [0.5, 0.6) is 0 Å². The van der Waals surface area contributed by atoms with Crippen molar-refractivity contribution < 1.29 is 9.21 Å². The Labute approximate surface area is 116 Å². The second-order valence-electron chi connectivity index (χ2n) is 4.47. The van der Waals surface area contributed by atoms with Crippen LogP contribution in [0.3, 0.4) is 0 Å². The molecule has 1 heterocycles. The molecule has 3 aromatic rings. The fourth-order valence-corrected chi connectivity index (χ4v) is 1.94. The highest BCUT2D eigenvalue weighted by Crippen LogP contribution is 2.25. The third-order valence-corrected chi connectivity index (χ3v) is 3.03. The van der Waals surface area contributed by atoms with E-state index in [0.717, 1.165) is 22.4 Å². The van der Waals surface area contributed by atoms with Gasteiger partial charge in [0.05, 0.1) is 0 Å². The average molecular weight is 266 g/mol. The highest BCUT2D eigenvalue weighted by atomic mass is 16.3. The number of carbonyl (C=O) groups is 1. The normalized spacial score (nSPS) is 10.7. The average Bonchev–Trinajstić information content (AvgIpc) is 2.91. The van der Waals surface area contributed by atoms with Crippen molar-refractivity contribution in [2.24, 2.45) is 0 Å². The molecule has 0 spiro atoms. The predicted molar refractivity (Wildman–Crippen MR) is 78.4 cm³/mol. The molecule has 1 aromatic heterocycles. The van der Waals surface area contributed by atoms with Gasteiger partial charge in [0.2, 0.25) is 11.8 Å². The second-order valence-corrected chi connectivity index (χ2v) is 4.47. The van der Waals surface area contributed by atoms with Gasteiger partial charge in [-0.3, -0.25) is 4.79 Å². The molecule has 0 saturated heterocycles. The molecule has 0 radical (unpaired) electrons. The summed E-state index contributed by atoms with van der Waals surface area (Å²) >= 11 is 0. The summed E-state index contributed by atoms with van der Waals surface area (Å²) in [5.41, 5.74) is 3.27. The van der Waals surface area contributed by atoms with Gasteiger partial charge in [0.1, 0.15) is 5.52 Å². The van der Waals surface area contributed by atoms with E-state index in [4.69, 9.17) is 4.42 Å². The molecule has 3 rings (SSSR count). The van der Waals surface area contributed by atoms with Crippen LogP contribution in [0.25, 0.3) is 22.6 Å². The lowest BCUT2D eigenvalue weighted by atomic mass is 10.2. The zero-order valence-electron chi connectivity index (χ0n) is 11.1. The lowest BCUT2D eigenvalue weighted by Gasteiger charge is -2.03. The number of oxazole rings is 1. The van der Waals surface area contributed by atoms with Gasteiger partial charge in [0.25, 0.3) is 0 Å². The number of hydrogen-bond acceptors (Lipinski definition) is 3. The molecule has 0 unspecified atom stereocenters. The summed E-state index contributed by atoms with van der Waals surface area (Å²) in [5.74, 6) is 0.583. The van der Waals surface area contributed by atoms with E-state index in [2.05, 4.69) is 10.3 Å². The van der Waals surface area contributed by atoms with Crippen LogP contribution < -0.4 is 5.32 Å². The second kappa shape index (κ2) is 5.17. The van der Waals surface area contributed by atoms with Crippen LogP contribution in [0.1, 0.15) is 13.3 Å². The fraction of sp³-hybridized carbons (Fsp3) is 0.125. The maximum absolute atomic E-state index is 11.3. The van der Waals surface area contributed by atoms with E-state index < -0.39 is 0 Å². The molecule has 0 aliphatic carbocycles. The standard InChI is InChI=1S/C16H14N2O2/c1-2-15(19)17-12-9-7-11(8-10-12)16-18-13-5-3-4-6-14(13)20-16/h3-10H,2H2,1H3,(H,17,19). The number of carbonyl (C=O) groups excluding carboxylic acids is 1. The van der Waals surface area contributed by atoms with Gasteiger partial charge in [0.15, 0.2) is 5.58 Å². The first kappa shape index (κ1) is 12.4. The molecule has 0 aliphatic rings. The minimum absolute atomic E-state index is 0.000359. The molecule has 0 aliphatic heterocycles. The molecular weight excluding hydrogens is 252 g/mol. The summed E-state index contributed by atoms with van der Waals surface area (Å²) in [6.07, 6.45) is 0.465. The molecule has 4 nitrogen and oxygen atoms in total. The summed E-state index contributed by atoms with van der Waals surface area (Å²) in [5, 5.41) is 2.81. The van der Waals surface area contributed by atoms with Crippen LogP contribution in [0, 0.1) is 0 Å². The van der Waals surface area contributed by atoms with Crippen molar-refractivity contribution in [3.63, 3.8) is 0 Å². The van der Waals surface area contributed by atoms with Gasteiger partial charge < -0.3 is 9.73 Å². The van der Waals surface area contributed by atoms with Crippen molar-refractivity contribution in [2.75, 3.05) is 5.32 Å². The van der Waals surface area contributed by atoms with Gasteiger partial charge in [-0.2, -0.15) is 0 Å². The first-order valence-corrected chi connectivity index (χ1v) is 6.52. The van der Waals surface area contributed by atoms with Crippen LogP contribution in [-0.4, -0.2) is 10.9 Å².